The van der Waals surface area contributed by atoms with Gasteiger partial charge in [0.2, 0.25) is 11.8 Å². The number of carbonyl (C=O) groups is 4. The zero-order valence-corrected chi connectivity index (χ0v) is 52.0. The Morgan fingerprint density at radius 1 is 0.562 bits per heavy atom. The Bertz CT molecular complexity index is 4010. The standard InChI is InChI=1S/C38H40N6O4S.C33H37N5O2/c1-42(2)16-7-10-34(45)22-28-13-17-43(18-14-28)37(46)23-30-9-6-8-29(20-30)21-33-25-36(41-27-40-33)32-24-31-15-19-44(38(31)39-26-32)49(47,48)35-11-4-3-5-12-35;1-37(2)13-5-9-30(39)18-24-11-14-38(15-12-24)33(40)19-26-7-3-6-25(16-26)17-29-21-32(36-23-35-29)28-20-27-8-4-10-31(27)34-22-28/h3-12,15,19-20,24-28H,13-14,16-18,21-23H2,1-2H3;3-9,16,20-24H,10-15,17-19H2,1-2H3/b10-7+;9-5+. The van der Waals surface area contributed by atoms with Crippen molar-refractivity contribution in [3.63, 3.8) is 0 Å². The zero-order chi connectivity index (χ0) is 62.3. The maximum absolute atomic E-state index is 13.2. The second kappa shape index (κ2) is 29.8. The largest absolute Gasteiger partial charge is 0.342 e. The van der Waals surface area contributed by atoms with Gasteiger partial charge in [-0.1, -0.05) is 91.0 Å². The van der Waals surface area contributed by atoms with Crippen LogP contribution in [0.1, 0.15) is 83.4 Å². The average molecular weight is 1210 g/mol. The molecule has 5 aromatic heterocycles. The molecule has 17 nitrogen and oxygen atoms in total. The third-order valence-corrected chi connectivity index (χ3v) is 18.1. The number of ketones is 2. The Balaban J connectivity index is 0.000000200. The van der Waals surface area contributed by atoms with Gasteiger partial charge in [-0.15, -0.1) is 0 Å². The summed E-state index contributed by atoms with van der Waals surface area (Å²) in [6.45, 7) is 4.30. The summed E-state index contributed by atoms with van der Waals surface area (Å²) in [6.07, 6.45) is 27.0. The normalized spacial score (nSPS) is 14.7. The lowest BCUT2D eigenvalue weighted by Crippen LogP contribution is -2.39. The highest BCUT2D eigenvalue weighted by molar-refractivity contribution is 7.90. The lowest BCUT2D eigenvalue weighted by Gasteiger charge is -2.31. The lowest BCUT2D eigenvalue weighted by molar-refractivity contribution is -0.132. The van der Waals surface area contributed by atoms with E-state index in [1.54, 1.807) is 61.1 Å². The molecule has 3 aromatic carbocycles. The van der Waals surface area contributed by atoms with Crippen LogP contribution in [0.25, 0.3) is 39.6 Å². The van der Waals surface area contributed by atoms with Crippen molar-refractivity contribution in [2.24, 2.45) is 11.8 Å². The molecule has 2 aliphatic heterocycles. The Hall–Kier alpha value is -8.97. The minimum atomic E-state index is -3.78. The third-order valence-electron chi connectivity index (χ3n) is 16.4. The van der Waals surface area contributed by atoms with E-state index in [4.69, 9.17) is 0 Å². The van der Waals surface area contributed by atoms with Gasteiger partial charge in [-0.2, -0.15) is 0 Å². The molecule has 3 aliphatic rings. The lowest BCUT2D eigenvalue weighted by atomic mass is 9.91. The number of hydrogen-bond acceptors (Lipinski definition) is 14. The molecule has 18 heteroatoms. The number of amides is 2. The molecule has 2 saturated heterocycles. The molecule has 7 heterocycles. The van der Waals surface area contributed by atoms with E-state index in [-0.39, 0.29) is 28.3 Å². The van der Waals surface area contributed by atoms with Gasteiger partial charge in [0.25, 0.3) is 10.0 Å². The van der Waals surface area contributed by atoms with Crippen LogP contribution in [-0.2, 0) is 61.3 Å². The number of benzene rings is 3. The molecule has 0 atom stereocenters. The van der Waals surface area contributed by atoms with Crippen molar-refractivity contribution in [2.45, 2.75) is 75.5 Å². The molecule has 2 fully saturated rings. The number of pyridine rings is 2. The topological polar surface area (TPSA) is 198 Å². The van der Waals surface area contributed by atoms with Gasteiger partial charge in [-0.05, 0) is 148 Å². The Morgan fingerprint density at radius 2 is 1.07 bits per heavy atom. The van der Waals surface area contributed by atoms with E-state index < -0.39 is 10.0 Å². The van der Waals surface area contributed by atoms with Gasteiger partial charge in [-0.25, -0.2) is 37.3 Å². The fourth-order valence-corrected chi connectivity index (χ4v) is 12.9. The van der Waals surface area contributed by atoms with E-state index in [2.05, 4.69) is 66.3 Å². The summed E-state index contributed by atoms with van der Waals surface area (Å²) in [5, 5.41) is 0.681. The summed E-state index contributed by atoms with van der Waals surface area (Å²) >= 11 is 0. The van der Waals surface area contributed by atoms with E-state index in [9.17, 15) is 27.6 Å². The van der Waals surface area contributed by atoms with Crippen LogP contribution in [0.5, 0.6) is 0 Å². The quantitative estimate of drug-likeness (QED) is 0.0581. The molecule has 2 amide bonds. The number of allylic oxidation sites excluding steroid dienone is 3. The Kier molecular flexibility index (Phi) is 21.1. The number of likely N-dealkylation sites (tertiary alicyclic amines) is 2. The predicted octanol–water partition coefficient (Wildman–Crippen LogP) is 9.74. The van der Waals surface area contributed by atoms with Crippen molar-refractivity contribution in [1.29, 1.82) is 0 Å². The molecule has 0 saturated carbocycles. The summed E-state index contributed by atoms with van der Waals surface area (Å²) in [5.74, 6) is 1.26. The van der Waals surface area contributed by atoms with Crippen LogP contribution in [0.2, 0.25) is 0 Å². The number of rotatable bonds is 22. The van der Waals surface area contributed by atoms with E-state index in [1.807, 2.05) is 115 Å². The first-order chi connectivity index (χ1) is 43.1. The first kappa shape index (κ1) is 63.1. The predicted molar refractivity (Wildman–Crippen MR) is 347 cm³/mol. The summed E-state index contributed by atoms with van der Waals surface area (Å²) in [5.41, 5.74) is 11.7. The summed E-state index contributed by atoms with van der Waals surface area (Å²) in [4.78, 5) is 85.9. The molecule has 0 bridgehead atoms. The van der Waals surface area contributed by atoms with E-state index >= 15 is 0 Å². The molecule has 8 aromatic rings. The Morgan fingerprint density at radius 3 is 1.60 bits per heavy atom. The monoisotopic (exact) mass is 1210 g/mol. The number of aromatic nitrogens is 7. The zero-order valence-electron chi connectivity index (χ0n) is 51.2. The van der Waals surface area contributed by atoms with Crippen LogP contribution in [0.3, 0.4) is 0 Å². The van der Waals surface area contributed by atoms with Gasteiger partial charge in [0.1, 0.15) is 12.7 Å². The van der Waals surface area contributed by atoms with Gasteiger partial charge >= 0.3 is 0 Å². The van der Waals surface area contributed by atoms with E-state index in [1.165, 1.54) is 16.5 Å². The van der Waals surface area contributed by atoms with Gasteiger partial charge in [0.05, 0.1) is 34.8 Å². The number of likely N-dealkylation sites (N-methyl/N-ethyl adjacent to an activating group) is 2. The number of hydrogen-bond donors (Lipinski definition) is 0. The maximum atomic E-state index is 13.2. The van der Waals surface area contributed by atoms with Crippen LogP contribution in [0.15, 0.2) is 176 Å². The van der Waals surface area contributed by atoms with Crippen molar-refractivity contribution in [2.75, 3.05) is 67.5 Å². The number of fused-ring (bicyclic) bond motifs is 2. The van der Waals surface area contributed by atoms with Crippen LogP contribution >= 0.6 is 0 Å². The van der Waals surface area contributed by atoms with Crippen molar-refractivity contribution in [1.82, 2.24) is 53.5 Å². The first-order valence-electron chi connectivity index (χ1n) is 30.5. The maximum Gasteiger partial charge on any atom is 0.269 e. The van der Waals surface area contributed by atoms with Gasteiger partial charge in [-0.3, -0.25) is 24.2 Å². The number of nitrogens with zero attached hydrogens (tertiary/aromatic N) is 11. The molecule has 1 aliphatic carbocycles. The first-order valence-corrected chi connectivity index (χ1v) is 32.0. The molecule has 89 heavy (non-hydrogen) atoms. The molecule has 0 spiro atoms. The molecule has 11 rings (SSSR count). The molecule has 458 valence electrons. The summed E-state index contributed by atoms with van der Waals surface area (Å²) in [7, 11) is 4.13. The molecular weight excluding hydrogens is 1130 g/mol. The minimum Gasteiger partial charge on any atom is -0.342 e. The second-order valence-electron chi connectivity index (χ2n) is 23.9. The third kappa shape index (κ3) is 17.4. The average Bonchev–Trinajstić information content (AvgIpc) is 3.38. The van der Waals surface area contributed by atoms with Crippen molar-refractivity contribution >= 4 is 50.5 Å². The molecule has 0 unspecified atom stereocenters. The fourth-order valence-electron chi connectivity index (χ4n) is 11.6. The van der Waals surface area contributed by atoms with Crippen LogP contribution in [-0.4, -0.2) is 153 Å². The highest BCUT2D eigenvalue weighted by Crippen LogP contribution is 2.29. The van der Waals surface area contributed by atoms with Gasteiger partial charge < -0.3 is 19.6 Å². The molecule has 0 radical (unpaired) electrons. The summed E-state index contributed by atoms with van der Waals surface area (Å²) < 4.78 is 27.6. The highest BCUT2D eigenvalue weighted by atomic mass is 32.2. The van der Waals surface area contributed by atoms with Crippen LogP contribution in [0, 0.1) is 11.8 Å². The highest BCUT2D eigenvalue weighted by Gasteiger charge is 2.26. The van der Waals surface area contributed by atoms with E-state index in [0.717, 1.165) is 120 Å². The van der Waals surface area contributed by atoms with Gasteiger partial charge in [0.15, 0.2) is 17.2 Å². The number of piperidine rings is 2. The second-order valence-corrected chi connectivity index (χ2v) is 25.7. The fraction of sp³-hybridized carbons (Fsp3) is 0.324. The van der Waals surface area contributed by atoms with Crippen molar-refractivity contribution < 1.29 is 27.6 Å². The number of carbonyl (C=O) groups excluding carboxylic acids is 4. The Labute approximate surface area is 522 Å². The van der Waals surface area contributed by atoms with Gasteiger partial charge in [0, 0.05) is 118 Å². The van der Waals surface area contributed by atoms with E-state index in [0.29, 0.717) is 80.2 Å². The summed E-state index contributed by atoms with van der Waals surface area (Å²) in [6, 6.07) is 34.2. The van der Waals surface area contributed by atoms with Crippen LogP contribution in [0.4, 0.5) is 0 Å². The smallest absolute Gasteiger partial charge is 0.269 e. The minimum absolute atomic E-state index is 0.102. The van der Waals surface area contributed by atoms with Crippen molar-refractivity contribution in [3.05, 3.63) is 216 Å². The van der Waals surface area contributed by atoms with Crippen LogP contribution < -0.4 is 0 Å². The molecular formula is C71H77N11O6S. The SMILES string of the molecule is CN(C)C/C=C/C(=O)CC1CCN(C(=O)Cc2cccc(Cc3cc(-c4cnc5c(c4)C=CC5)ncn3)c2)CC1.CN(C)C/C=C/C(=O)CC1CCN(C(=O)Cc2cccc(Cc3cc(-c4cnc5c(ccn5S(=O)(=O)c5ccccc5)c4)ncn3)c2)CC1. The van der Waals surface area contributed by atoms with Crippen molar-refractivity contribution in [3.8, 4) is 22.5 Å². The molecule has 0 N–H and O–H groups in total.